The molecule has 2 fully saturated rings. The van der Waals surface area contributed by atoms with E-state index in [1.54, 1.807) is 0 Å². The lowest BCUT2D eigenvalue weighted by Gasteiger charge is -2.51. The topological polar surface area (TPSA) is 37.3 Å². The summed E-state index contributed by atoms with van der Waals surface area (Å²) in [6, 6.07) is 0. The molecule has 18 heavy (non-hydrogen) atoms. The molecule has 0 unspecified atom stereocenters. The van der Waals surface area contributed by atoms with Gasteiger partial charge < -0.3 is 5.11 Å². The molecule has 2 heteroatoms. The fourth-order valence-electron chi connectivity index (χ4n) is 4.14. The van der Waals surface area contributed by atoms with Gasteiger partial charge in [-0.1, -0.05) is 44.9 Å². The SMILES string of the molecule is CC(C)(C)C(C(=O)O)=C1C[C@H]2[C@H]1C=CC21CCC1. The number of rotatable bonds is 1. The molecule has 0 bridgehead atoms. The molecule has 0 saturated heterocycles. The Morgan fingerprint density at radius 3 is 2.50 bits per heavy atom. The molecule has 98 valence electrons. The fourth-order valence-corrected chi connectivity index (χ4v) is 4.14. The zero-order chi connectivity index (χ0) is 13.1. The van der Waals surface area contributed by atoms with Gasteiger partial charge in [0.25, 0.3) is 0 Å². The quantitative estimate of drug-likeness (QED) is 0.564. The van der Waals surface area contributed by atoms with Crippen LogP contribution in [0.15, 0.2) is 23.3 Å². The number of allylic oxidation sites excluding steroid dienone is 3. The molecule has 0 aromatic heterocycles. The lowest BCUT2D eigenvalue weighted by Crippen LogP contribution is -2.43. The molecule has 2 saturated carbocycles. The van der Waals surface area contributed by atoms with E-state index < -0.39 is 5.97 Å². The molecule has 0 aromatic rings. The van der Waals surface area contributed by atoms with Crippen LogP contribution in [-0.2, 0) is 4.79 Å². The second kappa shape index (κ2) is 3.49. The molecule has 0 aliphatic heterocycles. The van der Waals surface area contributed by atoms with E-state index in [-0.39, 0.29) is 5.41 Å². The van der Waals surface area contributed by atoms with Crippen molar-refractivity contribution in [1.82, 2.24) is 0 Å². The highest BCUT2D eigenvalue weighted by Crippen LogP contribution is 2.64. The van der Waals surface area contributed by atoms with Gasteiger partial charge in [-0.2, -0.15) is 0 Å². The molecule has 1 spiro atoms. The second-order valence-corrected chi connectivity index (χ2v) is 7.24. The van der Waals surface area contributed by atoms with Gasteiger partial charge in [-0.15, -0.1) is 0 Å². The first kappa shape index (κ1) is 12.0. The second-order valence-electron chi connectivity index (χ2n) is 7.24. The van der Waals surface area contributed by atoms with E-state index in [1.165, 1.54) is 24.8 Å². The smallest absolute Gasteiger partial charge is 0.332 e. The molecule has 3 rings (SSSR count). The first-order valence-corrected chi connectivity index (χ1v) is 7.01. The van der Waals surface area contributed by atoms with Gasteiger partial charge in [-0.05, 0) is 36.0 Å². The van der Waals surface area contributed by atoms with Crippen LogP contribution in [0.3, 0.4) is 0 Å². The Balaban J connectivity index is 1.92. The zero-order valence-corrected chi connectivity index (χ0v) is 11.5. The summed E-state index contributed by atoms with van der Waals surface area (Å²) < 4.78 is 0. The van der Waals surface area contributed by atoms with Crippen molar-refractivity contribution in [1.29, 1.82) is 0 Å². The van der Waals surface area contributed by atoms with Crippen LogP contribution in [-0.4, -0.2) is 11.1 Å². The van der Waals surface area contributed by atoms with E-state index in [1.807, 2.05) is 20.8 Å². The Kier molecular flexibility index (Phi) is 2.33. The highest BCUT2D eigenvalue weighted by molar-refractivity contribution is 5.89. The molecule has 3 aliphatic carbocycles. The minimum atomic E-state index is -0.723. The van der Waals surface area contributed by atoms with Crippen molar-refractivity contribution >= 4 is 5.97 Å². The van der Waals surface area contributed by atoms with Crippen molar-refractivity contribution in [2.24, 2.45) is 22.7 Å². The summed E-state index contributed by atoms with van der Waals surface area (Å²) in [4.78, 5) is 11.5. The Morgan fingerprint density at radius 1 is 1.39 bits per heavy atom. The number of carboxylic acid groups (broad SMARTS) is 1. The Labute approximate surface area is 109 Å². The van der Waals surface area contributed by atoms with Crippen LogP contribution in [0.4, 0.5) is 0 Å². The van der Waals surface area contributed by atoms with Gasteiger partial charge in [0.05, 0.1) is 0 Å². The molecule has 2 atom stereocenters. The molecule has 1 N–H and O–H groups in total. The standard InChI is InChI=1S/C16H22O2/c1-15(2,3)13(14(17)18)11-9-12-10(11)5-8-16(12)6-4-7-16/h5,8,10,12H,4,6-7,9H2,1-3H3,(H,17,18)/t10-,12-/m0/s1. The van der Waals surface area contributed by atoms with E-state index in [2.05, 4.69) is 12.2 Å². The zero-order valence-electron chi connectivity index (χ0n) is 11.5. The average molecular weight is 246 g/mol. The van der Waals surface area contributed by atoms with Crippen molar-refractivity contribution in [2.45, 2.75) is 46.5 Å². The fraction of sp³-hybridized carbons (Fsp3) is 0.688. The highest BCUT2D eigenvalue weighted by atomic mass is 16.4. The van der Waals surface area contributed by atoms with Crippen LogP contribution >= 0.6 is 0 Å². The lowest BCUT2D eigenvalue weighted by molar-refractivity contribution is -0.134. The van der Waals surface area contributed by atoms with Crippen molar-refractivity contribution in [3.8, 4) is 0 Å². The van der Waals surface area contributed by atoms with Crippen molar-refractivity contribution in [3.63, 3.8) is 0 Å². The van der Waals surface area contributed by atoms with Gasteiger partial charge in [0.15, 0.2) is 0 Å². The first-order chi connectivity index (χ1) is 8.35. The molecular weight excluding hydrogens is 224 g/mol. The van der Waals surface area contributed by atoms with E-state index in [0.717, 1.165) is 6.42 Å². The molecule has 0 amide bonds. The predicted octanol–water partition coefficient (Wildman–Crippen LogP) is 3.79. The Morgan fingerprint density at radius 2 is 2.06 bits per heavy atom. The van der Waals surface area contributed by atoms with Gasteiger partial charge in [-0.3, -0.25) is 0 Å². The predicted molar refractivity (Wildman–Crippen MR) is 71.1 cm³/mol. The molecule has 2 nitrogen and oxygen atoms in total. The summed E-state index contributed by atoms with van der Waals surface area (Å²) in [7, 11) is 0. The Bertz CT molecular complexity index is 458. The minimum absolute atomic E-state index is 0.255. The maximum atomic E-state index is 11.5. The van der Waals surface area contributed by atoms with Crippen molar-refractivity contribution < 1.29 is 9.90 Å². The van der Waals surface area contributed by atoms with Crippen molar-refractivity contribution in [3.05, 3.63) is 23.3 Å². The monoisotopic (exact) mass is 246 g/mol. The van der Waals surface area contributed by atoms with Crippen LogP contribution in [0.25, 0.3) is 0 Å². The largest absolute Gasteiger partial charge is 0.478 e. The molecule has 0 heterocycles. The highest BCUT2D eigenvalue weighted by Gasteiger charge is 2.55. The van der Waals surface area contributed by atoms with E-state index in [0.29, 0.717) is 22.8 Å². The van der Waals surface area contributed by atoms with Gasteiger partial charge in [-0.25, -0.2) is 4.79 Å². The minimum Gasteiger partial charge on any atom is -0.478 e. The maximum Gasteiger partial charge on any atom is 0.332 e. The normalized spacial score (nSPS) is 34.8. The summed E-state index contributed by atoms with van der Waals surface area (Å²) in [6.07, 6.45) is 9.66. The summed E-state index contributed by atoms with van der Waals surface area (Å²) in [5.74, 6) is 0.410. The van der Waals surface area contributed by atoms with Crippen LogP contribution in [0.1, 0.15) is 46.5 Å². The third-order valence-electron chi connectivity index (χ3n) is 5.22. The third-order valence-corrected chi connectivity index (χ3v) is 5.22. The molecular formula is C16H22O2. The number of hydrogen-bond donors (Lipinski definition) is 1. The van der Waals surface area contributed by atoms with Crippen LogP contribution in [0, 0.1) is 22.7 Å². The van der Waals surface area contributed by atoms with Crippen molar-refractivity contribution in [2.75, 3.05) is 0 Å². The number of carboxylic acids is 1. The van der Waals surface area contributed by atoms with Gasteiger partial charge in [0.1, 0.15) is 0 Å². The number of aliphatic carboxylic acids is 1. The van der Waals surface area contributed by atoms with E-state index >= 15 is 0 Å². The summed E-state index contributed by atoms with van der Waals surface area (Å²) >= 11 is 0. The van der Waals surface area contributed by atoms with Crippen LogP contribution in [0.5, 0.6) is 0 Å². The van der Waals surface area contributed by atoms with Gasteiger partial charge in [0.2, 0.25) is 0 Å². The van der Waals surface area contributed by atoms with Gasteiger partial charge in [0, 0.05) is 11.5 Å². The van der Waals surface area contributed by atoms with E-state index in [4.69, 9.17) is 0 Å². The first-order valence-electron chi connectivity index (χ1n) is 7.01. The van der Waals surface area contributed by atoms with Gasteiger partial charge >= 0.3 is 5.97 Å². The lowest BCUT2D eigenvalue weighted by atomic mass is 9.52. The maximum absolute atomic E-state index is 11.5. The van der Waals surface area contributed by atoms with Crippen LogP contribution in [0.2, 0.25) is 0 Å². The summed E-state index contributed by atoms with van der Waals surface area (Å²) in [5.41, 5.74) is 2.05. The number of hydrogen-bond acceptors (Lipinski definition) is 1. The summed E-state index contributed by atoms with van der Waals surface area (Å²) in [6.45, 7) is 6.03. The van der Waals surface area contributed by atoms with E-state index in [9.17, 15) is 9.90 Å². The molecule has 0 radical (unpaired) electrons. The number of carbonyl (C=O) groups is 1. The molecule has 3 aliphatic rings. The average Bonchev–Trinajstić information content (AvgIpc) is 2.44. The van der Waals surface area contributed by atoms with Crippen LogP contribution < -0.4 is 0 Å². The third kappa shape index (κ3) is 1.44. The Hall–Kier alpha value is -1.05. The molecule has 0 aromatic carbocycles. The number of fused-ring (bicyclic) bond motifs is 2. The summed E-state index contributed by atoms with van der Waals surface area (Å²) in [5, 5.41) is 9.48.